The lowest BCUT2D eigenvalue weighted by Crippen LogP contribution is -2.33. The van der Waals surface area contributed by atoms with Gasteiger partial charge in [-0.05, 0) is 49.9 Å². The molecule has 154 valence electrons. The molecule has 0 spiro atoms. The third-order valence-electron chi connectivity index (χ3n) is 5.68. The highest BCUT2D eigenvalue weighted by Gasteiger charge is 2.46. The number of nitrogens with zero attached hydrogens (tertiary/aromatic N) is 4. The van der Waals surface area contributed by atoms with Crippen molar-refractivity contribution >= 4 is 5.91 Å². The summed E-state index contributed by atoms with van der Waals surface area (Å²) in [5, 5.41) is 3.11. The monoisotopic (exact) mass is 405 g/mol. The quantitative estimate of drug-likeness (QED) is 0.649. The zero-order chi connectivity index (χ0) is 20.6. The third-order valence-corrected chi connectivity index (χ3v) is 5.68. The molecule has 3 heterocycles. The molecule has 1 fully saturated rings. The summed E-state index contributed by atoms with van der Waals surface area (Å²) in [4.78, 5) is 25.8. The Hall–Kier alpha value is -3.42. The average molecular weight is 405 g/mol. The van der Waals surface area contributed by atoms with Crippen LogP contribution < -0.4 is 14.8 Å². The van der Waals surface area contributed by atoms with Crippen LogP contribution in [-0.2, 0) is 16.6 Å². The van der Waals surface area contributed by atoms with Crippen LogP contribution in [0.2, 0.25) is 0 Å². The van der Waals surface area contributed by atoms with Crippen LogP contribution in [0.5, 0.6) is 11.5 Å². The van der Waals surface area contributed by atoms with Gasteiger partial charge in [-0.15, -0.1) is 0 Å². The number of hydrogen-bond acceptors (Lipinski definition) is 6. The van der Waals surface area contributed by atoms with Crippen LogP contribution in [-0.4, -0.2) is 38.8 Å². The minimum absolute atomic E-state index is 0.0413. The maximum Gasteiger partial charge on any atom is 0.235 e. The largest absolute Gasteiger partial charge is 0.454 e. The number of nitrogens with one attached hydrogen (secondary N) is 1. The molecule has 8 heteroatoms. The fraction of sp³-hybridized carbons (Fsp3) is 0.364. The van der Waals surface area contributed by atoms with Crippen molar-refractivity contribution in [2.75, 3.05) is 13.3 Å². The van der Waals surface area contributed by atoms with E-state index in [1.807, 2.05) is 37.4 Å². The van der Waals surface area contributed by atoms with E-state index in [4.69, 9.17) is 14.5 Å². The first-order chi connectivity index (χ1) is 14.6. The van der Waals surface area contributed by atoms with Crippen LogP contribution >= 0.6 is 0 Å². The number of amides is 1. The van der Waals surface area contributed by atoms with E-state index in [9.17, 15) is 4.79 Å². The summed E-state index contributed by atoms with van der Waals surface area (Å²) >= 11 is 0. The van der Waals surface area contributed by atoms with Gasteiger partial charge in [0.25, 0.3) is 0 Å². The van der Waals surface area contributed by atoms with Gasteiger partial charge in [-0.3, -0.25) is 9.36 Å². The van der Waals surface area contributed by atoms with Gasteiger partial charge in [-0.25, -0.2) is 15.0 Å². The number of fused-ring (bicyclic) bond motifs is 1. The number of aromatic nitrogens is 4. The molecule has 1 aliphatic carbocycles. The fourth-order valence-electron chi connectivity index (χ4n) is 3.70. The van der Waals surface area contributed by atoms with Gasteiger partial charge in [-0.2, -0.15) is 0 Å². The summed E-state index contributed by atoms with van der Waals surface area (Å²) in [7, 11) is 0. The minimum atomic E-state index is -0.0998. The van der Waals surface area contributed by atoms with Crippen LogP contribution in [0.1, 0.15) is 36.2 Å². The van der Waals surface area contributed by atoms with Gasteiger partial charge in [-0.1, -0.05) is 6.07 Å². The van der Waals surface area contributed by atoms with Gasteiger partial charge < -0.3 is 14.8 Å². The predicted octanol–water partition coefficient (Wildman–Crippen LogP) is 2.48. The summed E-state index contributed by atoms with van der Waals surface area (Å²) < 4.78 is 12.5. The van der Waals surface area contributed by atoms with E-state index in [0.717, 1.165) is 41.3 Å². The van der Waals surface area contributed by atoms with E-state index in [1.54, 1.807) is 17.1 Å². The molecule has 0 radical (unpaired) electrons. The van der Waals surface area contributed by atoms with Crippen molar-refractivity contribution in [3.8, 4) is 17.4 Å². The van der Waals surface area contributed by atoms with Crippen molar-refractivity contribution in [1.82, 2.24) is 24.8 Å². The van der Waals surface area contributed by atoms with Crippen molar-refractivity contribution in [2.45, 2.75) is 38.0 Å². The molecule has 1 aliphatic heterocycles. The van der Waals surface area contributed by atoms with E-state index >= 15 is 0 Å². The van der Waals surface area contributed by atoms with Crippen molar-refractivity contribution in [2.24, 2.45) is 0 Å². The smallest absolute Gasteiger partial charge is 0.235 e. The summed E-state index contributed by atoms with van der Waals surface area (Å²) in [6.45, 7) is 2.81. The van der Waals surface area contributed by atoms with Crippen molar-refractivity contribution in [1.29, 1.82) is 0 Å². The Morgan fingerprint density at radius 3 is 2.87 bits per heavy atom. The van der Waals surface area contributed by atoms with E-state index in [-0.39, 0.29) is 18.1 Å². The van der Waals surface area contributed by atoms with Gasteiger partial charge in [0.05, 0.1) is 5.69 Å². The molecular formula is C22H23N5O3. The first-order valence-corrected chi connectivity index (χ1v) is 10.1. The zero-order valence-electron chi connectivity index (χ0n) is 16.8. The van der Waals surface area contributed by atoms with Crippen LogP contribution in [0.15, 0.2) is 43.0 Å². The normalized spacial score (nSPS) is 15.8. The molecule has 0 bridgehead atoms. The number of hydrogen-bond donors (Lipinski definition) is 1. The Morgan fingerprint density at radius 1 is 1.20 bits per heavy atom. The van der Waals surface area contributed by atoms with E-state index < -0.39 is 0 Å². The summed E-state index contributed by atoms with van der Waals surface area (Å²) in [5.74, 6) is 2.16. The van der Waals surface area contributed by atoms with Gasteiger partial charge >= 0.3 is 0 Å². The Bertz CT molecular complexity index is 1080. The lowest BCUT2D eigenvalue weighted by atomic mass is 10.0. The first kappa shape index (κ1) is 18.6. The Morgan fingerprint density at radius 2 is 2.07 bits per heavy atom. The maximum atomic E-state index is 12.5. The number of aryl methyl sites for hydroxylation is 2. The lowest BCUT2D eigenvalue weighted by Gasteiger charge is -2.17. The molecule has 0 unspecified atom stereocenters. The van der Waals surface area contributed by atoms with Crippen LogP contribution in [0.4, 0.5) is 0 Å². The molecule has 8 nitrogen and oxygen atoms in total. The molecule has 3 aromatic rings. The SMILES string of the molecule is Cc1cc(C2(CNC(=O)CCc3ccc4c(c3)OCO4)CC2)nc(-n2ccnc2)n1. The highest BCUT2D eigenvalue weighted by atomic mass is 16.7. The summed E-state index contributed by atoms with van der Waals surface area (Å²) in [6.07, 6.45) is 8.33. The molecule has 0 atom stereocenters. The number of rotatable bonds is 7. The fourth-order valence-corrected chi connectivity index (χ4v) is 3.70. The molecule has 0 saturated heterocycles. The third kappa shape index (κ3) is 3.72. The zero-order valence-corrected chi connectivity index (χ0v) is 16.8. The molecule has 1 amide bonds. The van der Waals surface area contributed by atoms with Crippen LogP contribution in [0.3, 0.4) is 0 Å². The lowest BCUT2D eigenvalue weighted by molar-refractivity contribution is -0.121. The number of carbonyl (C=O) groups excluding carboxylic acids is 1. The predicted molar refractivity (Wildman–Crippen MR) is 109 cm³/mol. The molecule has 2 aromatic heterocycles. The molecule has 1 aromatic carbocycles. The number of imidazole rings is 1. The second-order valence-corrected chi connectivity index (χ2v) is 7.91. The highest BCUT2D eigenvalue weighted by Crippen LogP contribution is 2.47. The second kappa shape index (κ2) is 7.44. The molecule has 1 saturated carbocycles. The second-order valence-electron chi connectivity index (χ2n) is 7.91. The molecular weight excluding hydrogens is 382 g/mol. The average Bonchev–Trinajstić information content (AvgIpc) is 3.14. The molecule has 1 N–H and O–H groups in total. The molecule has 5 rings (SSSR count). The molecule has 2 aliphatic rings. The van der Waals surface area contributed by atoms with Gasteiger partial charge in [0.1, 0.15) is 6.33 Å². The van der Waals surface area contributed by atoms with Crippen molar-refractivity contribution in [3.05, 3.63) is 59.9 Å². The standard InChI is InChI=1S/C22H23N5O3/c1-15-10-19(26-21(25-15)27-9-8-23-13-27)22(6-7-22)12-24-20(28)5-3-16-2-4-17-18(11-16)30-14-29-17/h2,4,8-11,13H,3,5-7,12,14H2,1H3,(H,24,28). The highest BCUT2D eigenvalue weighted by molar-refractivity contribution is 5.76. The van der Waals surface area contributed by atoms with Crippen LogP contribution in [0, 0.1) is 6.92 Å². The number of carbonyl (C=O) groups is 1. The van der Waals surface area contributed by atoms with Crippen LogP contribution in [0.25, 0.3) is 5.95 Å². The van der Waals surface area contributed by atoms with Crippen molar-refractivity contribution < 1.29 is 14.3 Å². The minimum Gasteiger partial charge on any atom is -0.454 e. The maximum absolute atomic E-state index is 12.5. The van der Waals surface area contributed by atoms with Gasteiger partial charge in [0.15, 0.2) is 11.5 Å². The Kier molecular flexibility index (Phi) is 4.61. The topological polar surface area (TPSA) is 91.2 Å². The van der Waals surface area contributed by atoms with Gasteiger partial charge in [0.2, 0.25) is 18.6 Å². The molecule has 30 heavy (non-hydrogen) atoms. The van der Waals surface area contributed by atoms with Gasteiger partial charge in [0, 0.05) is 36.5 Å². The summed E-state index contributed by atoms with van der Waals surface area (Å²) in [5.41, 5.74) is 2.85. The van der Waals surface area contributed by atoms with E-state index in [2.05, 4.69) is 15.3 Å². The Balaban J connectivity index is 1.20. The summed E-state index contributed by atoms with van der Waals surface area (Å²) in [6, 6.07) is 7.83. The Labute approximate surface area is 174 Å². The van der Waals surface area contributed by atoms with Crippen molar-refractivity contribution in [3.63, 3.8) is 0 Å². The first-order valence-electron chi connectivity index (χ1n) is 10.1. The number of benzene rings is 1. The van der Waals surface area contributed by atoms with E-state index in [0.29, 0.717) is 25.3 Å². The number of ether oxygens (including phenoxy) is 2. The van der Waals surface area contributed by atoms with E-state index in [1.165, 1.54) is 0 Å².